The number of hydrogen-bond acceptors (Lipinski definition) is 4. The average Bonchev–Trinajstić information content (AvgIpc) is 3.10. The van der Waals surface area contributed by atoms with E-state index >= 15 is 0 Å². The van der Waals surface area contributed by atoms with E-state index in [-0.39, 0.29) is 10.9 Å². The molecule has 0 amide bonds. The Labute approximate surface area is 120 Å². The summed E-state index contributed by atoms with van der Waals surface area (Å²) in [7, 11) is -2.01. The van der Waals surface area contributed by atoms with Crippen molar-refractivity contribution in [2.24, 2.45) is 5.92 Å². The van der Waals surface area contributed by atoms with Crippen molar-refractivity contribution < 1.29 is 13.2 Å². The summed E-state index contributed by atoms with van der Waals surface area (Å²) in [5.74, 6) is 0.810. The average molecular weight is 298 g/mol. The zero-order valence-electron chi connectivity index (χ0n) is 12.1. The highest BCUT2D eigenvalue weighted by atomic mass is 32.2. The van der Waals surface area contributed by atoms with Crippen molar-refractivity contribution >= 4 is 10.0 Å². The molecule has 6 heteroatoms. The topological polar surface area (TPSA) is 67.4 Å². The van der Waals surface area contributed by atoms with Gasteiger partial charge in [0.15, 0.2) is 0 Å². The number of hydrogen-bond donors (Lipinski definition) is 2. The zero-order chi connectivity index (χ0) is 14.8. The Bertz CT molecular complexity index is 572. The molecule has 1 aromatic carbocycles. The third-order valence-electron chi connectivity index (χ3n) is 3.51. The van der Waals surface area contributed by atoms with Gasteiger partial charge in [0.2, 0.25) is 10.0 Å². The van der Waals surface area contributed by atoms with Crippen molar-refractivity contribution in [2.45, 2.75) is 37.8 Å². The van der Waals surface area contributed by atoms with Gasteiger partial charge in [-0.25, -0.2) is 13.1 Å². The van der Waals surface area contributed by atoms with E-state index in [2.05, 4.69) is 10.0 Å². The summed E-state index contributed by atoms with van der Waals surface area (Å²) >= 11 is 0. The van der Waals surface area contributed by atoms with Gasteiger partial charge in [0.05, 0.1) is 7.11 Å². The first-order chi connectivity index (χ1) is 9.47. The molecule has 2 N–H and O–H groups in total. The minimum Gasteiger partial charge on any atom is -0.495 e. The molecule has 5 nitrogen and oxygen atoms in total. The predicted molar refractivity (Wildman–Crippen MR) is 78.3 cm³/mol. The van der Waals surface area contributed by atoms with Crippen LogP contribution in [-0.2, 0) is 16.6 Å². The summed E-state index contributed by atoms with van der Waals surface area (Å²) in [6, 6.07) is 5.26. The van der Waals surface area contributed by atoms with Gasteiger partial charge in [0.25, 0.3) is 0 Å². The van der Waals surface area contributed by atoms with Crippen molar-refractivity contribution in [3.05, 3.63) is 23.8 Å². The second kappa shape index (κ2) is 6.11. The van der Waals surface area contributed by atoms with Crippen molar-refractivity contribution in [1.82, 2.24) is 10.0 Å². The van der Waals surface area contributed by atoms with Crippen LogP contribution in [0.5, 0.6) is 5.75 Å². The van der Waals surface area contributed by atoms with Crippen molar-refractivity contribution in [3.8, 4) is 5.75 Å². The molecule has 1 aromatic rings. The Morgan fingerprint density at radius 2 is 2.10 bits per heavy atom. The number of rotatable bonds is 7. The summed E-state index contributed by atoms with van der Waals surface area (Å²) in [5.41, 5.74) is 1.00. The fraction of sp³-hybridized carbons (Fsp3) is 0.571. The van der Waals surface area contributed by atoms with Crippen LogP contribution in [0.2, 0.25) is 0 Å². The SMILES string of the molecule is CCNCc1ccc(S(=O)(=O)NC2CC2C)c(OC)c1. The second-order valence-electron chi connectivity index (χ2n) is 5.21. The normalized spacial score (nSPS) is 21.8. The van der Waals surface area contributed by atoms with Gasteiger partial charge in [-0.15, -0.1) is 0 Å². The highest BCUT2D eigenvalue weighted by Crippen LogP contribution is 2.32. The molecule has 0 heterocycles. The number of methoxy groups -OCH3 is 1. The van der Waals surface area contributed by atoms with Crippen LogP contribution in [0.4, 0.5) is 0 Å². The van der Waals surface area contributed by atoms with E-state index in [1.807, 2.05) is 19.9 Å². The predicted octanol–water partition coefficient (Wildman–Crippen LogP) is 1.49. The molecular formula is C14H22N2O3S. The summed E-state index contributed by atoms with van der Waals surface area (Å²) in [6.45, 7) is 5.62. The minimum atomic E-state index is -3.51. The van der Waals surface area contributed by atoms with Crippen LogP contribution in [-0.4, -0.2) is 28.1 Å². The van der Waals surface area contributed by atoms with E-state index in [1.165, 1.54) is 7.11 Å². The molecule has 2 atom stereocenters. The van der Waals surface area contributed by atoms with Gasteiger partial charge in [0.1, 0.15) is 10.6 Å². The van der Waals surface area contributed by atoms with Gasteiger partial charge in [-0.1, -0.05) is 19.9 Å². The lowest BCUT2D eigenvalue weighted by Crippen LogP contribution is -2.27. The third kappa shape index (κ3) is 3.50. The van der Waals surface area contributed by atoms with Crippen molar-refractivity contribution in [1.29, 1.82) is 0 Å². The number of ether oxygens (including phenoxy) is 1. The summed E-state index contributed by atoms with van der Waals surface area (Å²) in [4.78, 5) is 0.208. The highest BCUT2D eigenvalue weighted by Gasteiger charge is 2.37. The first-order valence-electron chi connectivity index (χ1n) is 6.88. The van der Waals surface area contributed by atoms with E-state index < -0.39 is 10.0 Å². The molecule has 1 saturated carbocycles. The van der Waals surface area contributed by atoms with Gasteiger partial charge < -0.3 is 10.1 Å². The van der Waals surface area contributed by atoms with Gasteiger partial charge in [-0.05, 0) is 36.6 Å². The second-order valence-corrected chi connectivity index (χ2v) is 6.89. The Balaban J connectivity index is 2.22. The Hall–Kier alpha value is -1.11. The molecule has 0 bridgehead atoms. The highest BCUT2D eigenvalue weighted by molar-refractivity contribution is 7.89. The summed E-state index contributed by atoms with van der Waals surface area (Å²) < 4.78 is 32.6. The van der Waals surface area contributed by atoms with Crippen molar-refractivity contribution in [2.75, 3.05) is 13.7 Å². The molecule has 0 radical (unpaired) electrons. The molecule has 0 aliphatic heterocycles. The van der Waals surface area contributed by atoms with Crippen LogP contribution in [0, 0.1) is 5.92 Å². The van der Waals surface area contributed by atoms with Crippen LogP contribution < -0.4 is 14.8 Å². The van der Waals surface area contributed by atoms with Crippen molar-refractivity contribution in [3.63, 3.8) is 0 Å². The van der Waals surface area contributed by atoms with Gasteiger partial charge in [-0.3, -0.25) is 0 Å². The quantitative estimate of drug-likeness (QED) is 0.800. The molecule has 0 aromatic heterocycles. The zero-order valence-corrected chi connectivity index (χ0v) is 13.0. The molecule has 112 valence electrons. The maximum Gasteiger partial charge on any atom is 0.244 e. The molecule has 2 unspecified atom stereocenters. The number of sulfonamides is 1. The van der Waals surface area contributed by atoms with Crippen LogP contribution >= 0.6 is 0 Å². The third-order valence-corrected chi connectivity index (χ3v) is 5.04. The van der Waals surface area contributed by atoms with Crippen LogP contribution in [0.15, 0.2) is 23.1 Å². The van der Waals surface area contributed by atoms with Crippen LogP contribution in [0.3, 0.4) is 0 Å². The Morgan fingerprint density at radius 3 is 2.65 bits per heavy atom. The Kier molecular flexibility index (Phi) is 4.67. The minimum absolute atomic E-state index is 0.0612. The van der Waals surface area contributed by atoms with E-state index in [0.29, 0.717) is 18.2 Å². The van der Waals surface area contributed by atoms with E-state index in [9.17, 15) is 8.42 Å². The number of benzene rings is 1. The molecule has 2 rings (SSSR count). The summed E-state index contributed by atoms with van der Waals surface area (Å²) in [6.07, 6.45) is 0.903. The molecule has 1 aliphatic carbocycles. The number of nitrogens with one attached hydrogen (secondary N) is 2. The van der Waals surface area contributed by atoms with E-state index in [1.54, 1.807) is 12.1 Å². The molecule has 0 spiro atoms. The monoisotopic (exact) mass is 298 g/mol. The lowest BCUT2D eigenvalue weighted by atomic mass is 10.2. The van der Waals surface area contributed by atoms with E-state index in [0.717, 1.165) is 18.5 Å². The fourth-order valence-corrected chi connectivity index (χ4v) is 3.57. The van der Waals surface area contributed by atoms with Gasteiger partial charge in [0, 0.05) is 12.6 Å². The first kappa shape index (κ1) is 15.3. The Morgan fingerprint density at radius 1 is 1.40 bits per heavy atom. The maximum atomic E-state index is 12.3. The molecule has 1 aliphatic rings. The molecule has 20 heavy (non-hydrogen) atoms. The van der Waals surface area contributed by atoms with Gasteiger partial charge in [-0.2, -0.15) is 0 Å². The van der Waals surface area contributed by atoms with Crippen LogP contribution in [0.25, 0.3) is 0 Å². The largest absolute Gasteiger partial charge is 0.495 e. The summed E-state index contributed by atoms with van der Waals surface area (Å²) in [5, 5.41) is 3.20. The standard InChI is InChI=1S/C14H22N2O3S/c1-4-15-9-11-5-6-14(13(8-11)19-3)20(17,18)16-12-7-10(12)2/h5-6,8,10,12,15-16H,4,7,9H2,1-3H3. The maximum absolute atomic E-state index is 12.3. The van der Waals surface area contributed by atoms with Crippen LogP contribution in [0.1, 0.15) is 25.8 Å². The lowest BCUT2D eigenvalue weighted by molar-refractivity contribution is 0.401. The fourth-order valence-electron chi connectivity index (χ4n) is 2.06. The molecule has 0 saturated heterocycles. The first-order valence-corrected chi connectivity index (χ1v) is 8.36. The van der Waals surface area contributed by atoms with Gasteiger partial charge >= 0.3 is 0 Å². The lowest BCUT2D eigenvalue weighted by Gasteiger charge is -2.12. The smallest absolute Gasteiger partial charge is 0.244 e. The molecule has 1 fully saturated rings. The molecular weight excluding hydrogens is 276 g/mol. The van der Waals surface area contributed by atoms with E-state index in [4.69, 9.17) is 4.74 Å².